The Balaban J connectivity index is 1.88. The van der Waals surface area contributed by atoms with E-state index in [0.717, 1.165) is 11.1 Å². The van der Waals surface area contributed by atoms with E-state index in [0.29, 0.717) is 24.8 Å². The Morgan fingerprint density at radius 1 is 1.22 bits per heavy atom. The van der Waals surface area contributed by atoms with Crippen molar-refractivity contribution in [1.29, 1.82) is 0 Å². The summed E-state index contributed by atoms with van der Waals surface area (Å²) in [5.74, 6) is 0.0811. The van der Waals surface area contributed by atoms with Gasteiger partial charge in [0.1, 0.15) is 6.10 Å². The van der Waals surface area contributed by atoms with Crippen LogP contribution in [0.4, 0.5) is 0 Å². The predicted octanol–water partition coefficient (Wildman–Crippen LogP) is 3.49. The van der Waals surface area contributed by atoms with Crippen molar-refractivity contribution >= 4 is 22.1 Å². The van der Waals surface area contributed by atoms with Gasteiger partial charge < -0.3 is 9.84 Å². The van der Waals surface area contributed by atoms with Crippen LogP contribution in [-0.4, -0.2) is 29.2 Å². The number of carbonyl (C=O) groups is 1. The minimum atomic E-state index is -0.566. The number of fused-ring (bicyclic) bond motifs is 3. The van der Waals surface area contributed by atoms with Crippen LogP contribution < -0.4 is 0 Å². The molecule has 1 N–H and O–H groups in total. The van der Waals surface area contributed by atoms with Crippen molar-refractivity contribution in [3.05, 3.63) is 53.6 Å². The number of hydrogen-bond donors (Lipinski definition) is 1. The molecule has 2 aliphatic heterocycles. The molecule has 2 bridgehead atoms. The number of hydrogen-bond acceptors (Lipinski definition) is 3. The summed E-state index contributed by atoms with van der Waals surface area (Å²) in [6, 6.07) is 14.5. The average molecular weight is 308 g/mol. The van der Waals surface area contributed by atoms with Crippen molar-refractivity contribution in [1.82, 2.24) is 0 Å². The lowest BCUT2D eigenvalue weighted by Gasteiger charge is -2.27. The molecule has 2 unspecified atom stereocenters. The van der Waals surface area contributed by atoms with Crippen molar-refractivity contribution in [3.8, 4) is 0 Å². The summed E-state index contributed by atoms with van der Waals surface area (Å²) in [6.07, 6.45) is 0.745. The highest BCUT2D eigenvalue weighted by Gasteiger charge is 2.44. The minimum Gasteiger partial charge on any atom is -0.390 e. The zero-order chi connectivity index (χ0) is 16.0. The Morgan fingerprint density at radius 2 is 2.00 bits per heavy atom. The van der Waals surface area contributed by atoms with E-state index in [4.69, 9.17) is 4.74 Å². The topological polar surface area (TPSA) is 46.5 Å². The van der Waals surface area contributed by atoms with Gasteiger partial charge in [-0.2, -0.15) is 0 Å². The van der Waals surface area contributed by atoms with Crippen LogP contribution in [0.15, 0.2) is 48.0 Å². The van der Waals surface area contributed by atoms with Crippen LogP contribution in [0.2, 0.25) is 0 Å². The van der Waals surface area contributed by atoms with Crippen LogP contribution in [0.25, 0.3) is 16.3 Å². The molecule has 0 aromatic heterocycles. The first-order chi connectivity index (χ1) is 11.2. The fourth-order valence-corrected chi connectivity index (χ4v) is 3.82. The number of ketones is 1. The van der Waals surface area contributed by atoms with Gasteiger partial charge in [-0.3, -0.25) is 4.79 Å². The van der Waals surface area contributed by atoms with Crippen LogP contribution in [0, 0.1) is 0 Å². The molecule has 1 saturated heterocycles. The summed E-state index contributed by atoms with van der Waals surface area (Å²) in [5.41, 5.74) is 2.82. The fourth-order valence-electron chi connectivity index (χ4n) is 3.82. The van der Waals surface area contributed by atoms with Crippen LogP contribution in [0.5, 0.6) is 0 Å². The van der Waals surface area contributed by atoms with E-state index in [9.17, 15) is 9.90 Å². The normalized spacial score (nSPS) is 26.8. The molecule has 1 fully saturated rings. The number of carbonyl (C=O) groups excluding carboxylic acids is 1. The summed E-state index contributed by atoms with van der Waals surface area (Å²) in [7, 11) is 0. The summed E-state index contributed by atoms with van der Waals surface area (Å²) >= 11 is 0. The third kappa shape index (κ3) is 2.41. The summed E-state index contributed by atoms with van der Waals surface area (Å²) in [4.78, 5) is 12.5. The fraction of sp³-hybridized carbons (Fsp3) is 0.350. The molecule has 4 rings (SSSR count). The molecule has 0 amide bonds. The van der Waals surface area contributed by atoms with Gasteiger partial charge in [0, 0.05) is 18.4 Å². The molecule has 118 valence electrons. The molecule has 2 aromatic carbocycles. The van der Waals surface area contributed by atoms with Crippen LogP contribution in [0.1, 0.15) is 31.7 Å². The highest BCUT2D eigenvalue weighted by Crippen LogP contribution is 2.42. The third-order valence-corrected chi connectivity index (χ3v) is 4.95. The molecule has 3 heteroatoms. The quantitative estimate of drug-likeness (QED) is 0.944. The van der Waals surface area contributed by atoms with E-state index >= 15 is 0 Å². The van der Waals surface area contributed by atoms with E-state index < -0.39 is 12.2 Å². The molecule has 2 aromatic rings. The molecule has 0 radical (unpaired) electrons. The molecule has 0 aliphatic carbocycles. The van der Waals surface area contributed by atoms with Gasteiger partial charge in [-0.05, 0) is 34.4 Å². The Labute approximate surface area is 135 Å². The number of aliphatic hydroxyl groups is 1. The van der Waals surface area contributed by atoms with Crippen molar-refractivity contribution in [3.63, 3.8) is 0 Å². The zero-order valence-electron chi connectivity index (χ0n) is 13.2. The maximum atomic E-state index is 12.5. The molecule has 0 saturated carbocycles. The largest absolute Gasteiger partial charge is 0.390 e. The van der Waals surface area contributed by atoms with Crippen LogP contribution in [0.3, 0.4) is 0 Å². The first-order valence-corrected chi connectivity index (χ1v) is 8.26. The first kappa shape index (κ1) is 14.6. The lowest BCUT2D eigenvalue weighted by Crippen LogP contribution is -2.30. The predicted molar refractivity (Wildman–Crippen MR) is 90.1 cm³/mol. The lowest BCUT2D eigenvalue weighted by molar-refractivity contribution is -0.117. The maximum absolute atomic E-state index is 12.5. The molecule has 2 heterocycles. The molecular formula is C20H20O3. The van der Waals surface area contributed by atoms with Crippen LogP contribution >= 0.6 is 0 Å². The Bertz CT molecular complexity index is 805. The van der Waals surface area contributed by atoms with Gasteiger partial charge in [0.15, 0.2) is 5.78 Å². The average Bonchev–Trinajstić information content (AvgIpc) is 2.88. The molecule has 3 atom stereocenters. The zero-order valence-corrected chi connectivity index (χ0v) is 13.2. The second-order valence-electron chi connectivity index (χ2n) is 6.42. The summed E-state index contributed by atoms with van der Waals surface area (Å²) < 4.78 is 5.86. The monoisotopic (exact) mass is 308 g/mol. The van der Waals surface area contributed by atoms with Gasteiger partial charge in [-0.25, -0.2) is 0 Å². The minimum absolute atomic E-state index is 0.0184. The summed E-state index contributed by atoms with van der Waals surface area (Å²) in [6.45, 7) is 1.86. The maximum Gasteiger partial charge on any atom is 0.161 e. The first-order valence-electron chi connectivity index (χ1n) is 8.26. The van der Waals surface area contributed by atoms with Gasteiger partial charge in [0.05, 0.1) is 12.2 Å². The van der Waals surface area contributed by atoms with Crippen molar-refractivity contribution in [2.24, 2.45) is 0 Å². The van der Waals surface area contributed by atoms with Gasteiger partial charge >= 0.3 is 0 Å². The van der Waals surface area contributed by atoms with E-state index in [-0.39, 0.29) is 11.9 Å². The van der Waals surface area contributed by atoms with Crippen molar-refractivity contribution < 1.29 is 14.6 Å². The Kier molecular flexibility index (Phi) is 3.55. The van der Waals surface area contributed by atoms with E-state index in [2.05, 4.69) is 30.3 Å². The smallest absolute Gasteiger partial charge is 0.161 e. The van der Waals surface area contributed by atoms with Crippen LogP contribution in [-0.2, 0) is 9.53 Å². The summed E-state index contributed by atoms with van der Waals surface area (Å²) in [5, 5.41) is 12.6. The number of benzene rings is 2. The Morgan fingerprint density at radius 3 is 2.78 bits per heavy atom. The number of aliphatic hydroxyl groups excluding tert-OH is 1. The van der Waals surface area contributed by atoms with Crippen molar-refractivity contribution in [2.45, 2.75) is 44.5 Å². The molecule has 23 heavy (non-hydrogen) atoms. The second kappa shape index (κ2) is 5.59. The van der Waals surface area contributed by atoms with E-state index in [1.54, 1.807) is 0 Å². The number of rotatable bonds is 3. The Hall–Kier alpha value is -1.97. The molecule has 0 spiro atoms. The van der Waals surface area contributed by atoms with Crippen molar-refractivity contribution in [2.75, 3.05) is 0 Å². The SMILES string of the molecule is CCC(=O)C1=C(c2ccc3ccccc3c2)CC2CC(O)[C@H]1O2. The van der Waals surface area contributed by atoms with Gasteiger partial charge in [-0.15, -0.1) is 0 Å². The van der Waals surface area contributed by atoms with E-state index in [1.807, 2.05) is 19.1 Å². The van der Waals surface area contributed by atoms with Gasteiger partial charge in [-0.1, -0.05) is 43.3 Å². The number of ether oxygens (including phenoxy) is 1. The molecule has 3 nitrogen and oxygen atoms in total. The highest BCUT2D eigenvalue weighted by atomic mass is 16.5. The third-order valence-electron chi connectivity index (χ3n) is 4.95. The molecule has 2 aliphatic rings. The lowest BCUT2D eigenvalue weighted by atomic mass is 9.88. The standard InChI is InChI=1S/C20H20O3/c1-2-17(21)19-16(10-15-11-18(22)20(19)23-15)14-8-7-12-5-3-4-6-13(12)9-14/h3-9,15,18,20,22H,2,10-11H2,1H3/t15?,18?,20-/m1/s1. The van der Waals surface area contributed by atoms with Gasteiger partial charge in [0.25, 0.3) is 0 Å². The molecular weight excluding hydrogens is 288 g/mol. The second-order valence-corrected chi connectivity index (χ2v) is 6.42. The van der Waals surface area contributed by atoms with Gasteiger partial charge in [0.2, 0.25) is 0 Å². The number of Topliss-reactive ketones (excluding diaryl/α,β-unsaturated/α-hetero) is 1. The van der Waals surface area contributed by atoms with E-state index in [1.165, 1.54) is 10.8 Å². The highest BCUT2D eigenvalue weighted by molar-refractivity contribution is 6.04.